The molecular weight excluding hydrogens is 256 g/mol. The van der Waals surface area contributed by atoms with Gasteiger partial charge >= 0.3 is 0 Å². The van der Waals surface area contributed by atoms with Gasteiger partial charge in [0, 0.05) is 11.0 Å². The minimum absolute atomic E-state index is 0.159. The molecule has 0 aliphatic heterocycles. The molecule has 0 atom stereocenters. The molecule has 21 heavy (non-hydrogen) atoms. The van der Waals surface area contributed by atoms with Crippen molar-refractivity contribution >= 4 is 5.78 Å². The highest BCUT2D eigenvalue weighted by molar-refractivity contribution is 6.05. The Morgan fingerprint density at radius 3 is 2.48 bits per heavy atom. The van der Waals surface area contributed by atoms with Crippen LogP contribution < -0.4 is 0 Å². The summed E-state index contributed by atoms with van der Waals surface area (Å²) in [5.74, 6) is 0.346. The van der Waals surface area contributed by atoms with Crippen LogP contribution in [0, 0.1) is 12.3 Å². The smallest absolute Gasteiger partial charge is 0.170 e. The van der Waals surface area contributed by atoms with Crippen LogP contribution in [0.4, 0.5) is 0 Å². The number of hydrogen-bond acceptors (Lipinski definition) is 1. The SMILES string of the molecule is Cc1cccc(-c2ccc3c(c2)CC2(CC=CC2)C3=O)c1. The van der Waals surface area contributed by atoms with E-state index in [0.29, 0.717) is 5.78 Å². The predicted molar refractivity (Wildman–Crippen MR) is 85.5 cm³/mol. The highest BCUT2D eigenvalue weighted by atomic mass is 16.1. The fraction of sp³-hybridized carbons (Fsp3) is 0.250. The van der Waals surface area contributed by atoms with E-state index >= 15 is 0 Å². The monoisotopic (exact) mass is 274 g/mol. The van der Waals surface area contributed by atoms with E-state index in [1.165, 1.54) is 22.3 Å². The number of ketones is 1. The molecule has 0 aromatic heterocycles. The molecule has 0 bridgehead atoms. The van der Waals surface area contributed by atoms with Crippen molar-refractivity contribution in [2.75, 3.05) is 0 Å². The third-order valence-corrected chi connectivity index (χ3v) is 4.90. The molecule has 0 saturated carbocycles. The molecule has 0 N–H and O–H groups in total. The van der Waals surface area contributed by atoms with Gasteiger partial charge in [0.2, 0.25) is 0 Å². The second-order valence-electron chi connectivity index (χ2n) is 6.41. The van der Waals surface area contributed by atoms with Gasteiger partial charge in [0.15, 0.2) is 5.78 Å². The van der Waals surface area contributed by atoms with Crippen LogP contribution in [0.1, 0.15) is 34.3 Å². The van der Waals surface area contributed by atoms with Gasteiger partial charge in [0.05, 0.1) is 0 Å². The molecule has 0 radical (unpaired) electrons. The van der Waals surface area contributed by atoms with Crippen molar-refractivity contribution in [2.24, 2.45) is 5.41 Å². The molecule has 1 spiro atoms. The van der Waals surface area contributed by atoms with Crippen LogP contribution in [0.3, 0.4) is 0 Å². The Morgan fingerprint density at radius 2 is 1.71 bits per heavy atom. The molecular formula is C20H18O. The number of Topliss-reactive ketones (excluding diaryl/α,β-unsaturated/α-hetero) is 1. The lowest BCUT2D eigenvalue weighted by Crippen LogP contribution is -2.24. The van der Waals surface area contributed by atoms with Crippen LogP contribution in [-0.4, -0.2) is 5.78 Å². The zero-order valence-electron chi connectivity index (χ0n) is 12.2. The number of carbonyl (C=O) groups is 1. The van der Waals surface area contributed by atoms with Crippen molar-refractivity contribution in [1.82, 2.24) is 0 Å². The van der Waals surface area contributed by atoms with E-state index in [2.05, 4.69) is 55.5 Å². The average Bonchev–Trinajstić information content (AvgIpc) is 3.06. The Morgan fingerprint density at radius 1 is 0.952 bits per heavy atom. The number of rotatable bonds is 1. The fourth-order valence-electron chi connectivity index (χ4n) is 3.73. The number of hydrogen-bond donors (Lipinski definition) is 0. The van der Waals surface area contributed by atoms with E-state index in [4.69, 9.17) is 0 Å². The second kappa shape index (κ2) is 4.42. The molecule has 1 nitrogen and oxygen atoms in total. The molecule has 2 aliphatic rings. The first kappa shape index (κ1) is 12.6. The number of fused-ring (bicyclic) bond motifs is 1. The molecule has 1 heteroatoms. The second-order valence-corrected chi connectivity index (χ2v) is 6.41. The lowest BCUT2D eigenvalue weighted by atomic mass is 9.81. The van der Waals surface area contributed by atoms with Crippen LogP contribution >= 0.6 is 0 Å². The van der Waals surface area contributed by atoms with E-state index < -0.39 is 0 Å². The minimum Gasteiger partial charge on any atom is -0.294 e. The van der Waals surface area contributed by atoms with Gasteiger partial charge in [-0.2, -0.15) is 0 Å². The highest BCUT2D eigenvalue weighted by Crippen LogP contribution is 2.46. The third-order valence-electron chi connectivity index (χ3n) is 4.90. The van der Waals surface area contributed by atoms with Crippen LogP contribution in [0.25, 0.3) is 11.1 Å². The summed E-state index contributed by atoms with van der Waals surface area (Å²) in [5.41, 5.74) is 5.72. The molecule has 2 aliphatic carbocycles. The van der Waals surface area contributed by atoms with Gasteiger partial charge < -0.3 is 0 Å². The maximum Gasteiger partial charge on any atom is 0.170 e. The topological polar surface area (TPSA) is 17.1 Å². The molecule has 0 heterocycles. The molecule has 0 amide bonds. The van der Waals surface area contributed by atoms with Crippen molar-refractivity contribution in [3.8, 4) is 11.1 Å². The van der Waals surface area contributed by atoms with E-state index in [9.17, 15) is 4.79 Å². The molecule has 0 unspecified atom stereocenters. The minimum atomic E-state index is -0.159. The van der Waals surface area contributed by atoms with E-state index in [1.54, 1.807) is 0 Å². The summed E-state index contributed by atoms with van der Waals surface area (Å²) in [6, 6.07) is 14.9. The highest BCUT2D eigenvalue weighted by Gasteiger charge is 2.45. The summed E-state index contributed by atoms with van der Waals surface area (Å²) in [6.45, 7) is 2.11. The molecule has 0 fully saturated rings. The molecule has 2 aromatic rings. The number of allylic oxidation sites excluding steroid dienone is 2. The van der Waals surface area contributed by atoms with Gasteiger partial charge in [-0.25, -0.2) is 0 Å². The normalized spacial score (nSPS) is 18.4. The van der Waals surface area contributed by atoms with Gasteiger partial charge in [-0.1, -0.05) is 60.2 Å². The molecule has 104 valence electrons. The molecule has 2 aromatic carbocycles. The fourth-order valence-corrected chi connectivity index (χ4v) is 3.73. The Kier molecular flexibility index (Phi) is 2.65. The summed E-state index contributed by atoms with van der Waals surface area (Å²) >= 11 is 0. The van der Waals surface area contributed by atoms with E-state index in [0.717, 1.165) is 24.8 Å². The lowest BCUT2D eigenvalue weighted by molar-refractivity contribution is 0.0835. The number of aryl methyl sites for hydroxylation is 1. The quantitative estimate of drug-likeness (QED) is 0.687. The Hall–Kier alpha value is -2.15. The maximum atomic E-state index is 12.7. The van der Waals surface area contributed by atoms with Crippen LogP contribution in [0.15, 0.2) is 54.6 Å². The van der Waals surface area contributed by atoms with Crippen molar-refractivity contribution in [2.45, 2.75) is 26.2 Å². The standard InChI is InChI=1S/C20H18O/c1-14-5-4-6-15(11-14)16-7-8-18-17(12-16)13-20(19(18)21)9-2-3-10-20/h2-8,11-12H,9-10,13H2,1H3. The summed E-state index contributed by atoms with van der Waals surface area (Å²) in [6.07, 6.45) is 7.02. The lowest BCUT2D eigenvalue weighted by Gasteiger charge is -2.19. The van der Waals surface area contributed by atoms with Crippen molar-refractivity contribution in [1.29, 1.82) is 0 Å². The van der Waals surface area contributed by atoms with Crippen LogP contribution in [0.5, 0.6) is 0 Å². The van der Waals surface area contributed by atoms with Crippen molar-refractivity contribution < 1.29 is 4.79 Å². The van der Waals surface area contributed by atoms with Gasteiger partial charge in [-0.05, 0) is 42.9 Å². The van der Waals surface area contributed by atoms with E-state index in [1.807, 2.05) is 6.07 Å². The zero-order chi connectivity index (χ0) is 14.4. The van der Waals surface area contributed by atoms with Crippen LogP contribution in [0.2, 0.25) is 0 Å². The summed E-state index contributed by atoms with van der Waals surface area (Å²) in [5, 5.41) is 0. The number of benzene rings is 2. The van der Waals surface area contributed by atoms with Gasteiger partial charge in [0.1, 0.15) is 0 Å². The predicted octanol–water partition coefficient (Wildman–Crippen LogP) is 4.74. The summed E-state index contributed by atoms with van der Waals surface area (Å²) < 4.78 is 0. The Balaban J connectivity index is 1.76. The Bertz CT molecular complexity index is 759. The summed E-state index contributed by atoms with van der Waals surface area (Å²) in [4.78, 5) is 12.7. The molecule has 0 saturated heterocycles. The summed E-state index contributed by atoms with van der Waals surface area (Å²) in [7, 11) is 0. The van der Waals surface area contributed by atoms with Gasteiger partial charge in [0.25, 0.3) is 0 Å². The average molecular weight is 274 g/mol. The third kappa shape index (κ3) is 1.88. The first-order valence-electron chi connectivity index (χ1n) is 7.58. The number of carbonyl (C=O) groups excluding carboxylic acids is 1. The van der Waals surface area contributed by atoms with Gasteiger partial charge in [-0.3, -0.25) is 4.79 Å². The van der Waals surface area contributed by atoms with Crippen LogP contribution in [-0.2, 0) is 6.42 Å². The van der Waals surface area contributed by atoms with Gasteiger partial charge in [-0.15, -0.1) is 0 Å². The maximum absolute atomic E-state index is 12.7. The van der Waals surface area contributed by atoms with Crippen molar-refractivity contribution in [3.63, 3.8) is 0 Å². The molecule has 4 rings (SSSR count). The van der Waals surface area contributed by atoms with E-state index in [-0.39, 0.29) is 5.41 Å². The zero-order valence-corrected chi connectivity index (χ0v) is 12.2. The first-order valence-corrected chi connectivity index (χ1v) is 7.58. The first-order chi connectivity index (χ1) is 10.2. The largest absolute Gasteiger partial charge is 0.294 e. The Labute approximate surface area is 125 Å². The van der Waals surface area contributed by atoms with Crippen molar-refractivity contribution in [3.05, 3.63) is 71.3 Å².